The van der Waals surface area contributed by atoms with Crippen LogP contribution in [-0.2, 0) is 0 Å². The highest BCUT2D eigenvalue weighted by Gasteiger charge is 2.02. The number of carbonyl (C=O) groups is 2. The van der Waals surface area contributed by atoms with Crippen molar-refractivity contribution in [2.75, 3.05) is 0 Å². The van der Waals surface area contributed by atoms with Crippen LogP contribution in [0.1, 0.15) is 34.6 Å². The maximum absolute atomic E-state index is 11.3. The number of aromatic carboxylic acids is 1. The lowest BCUT2D eigenvalue weighted by atomic mass is 10.2. The summed E-state index contributed by atoms with van der Waals surface area (Å²) in [6, 6.07) is 8.79. The topological polar surface area (TPSA) is 143 Å². The van der Waals surface area contributed by atoms with Gasteiger partial charge in [0.05, 0.1) is 5.56 Å². The molecule has 2 rings (SSSR count). The van der Waals surface area contributed by atoms with Crippen LogP contribution in [0, 0.1) is 0 Å². The summed E-state index contributed by atoms with van der Waals surface area (Å²) in [4.78, 5) is 25.4. The van der Waals surface area contributed by atoms with Crippen LogP contribution in [0.5, 0.6) is 5.75 Å². The number of nitrogens with one attached hydrogen (secondary N) is 1. The van der Waals surface area contributed by atoms with Gasteiger partial charge in [0.15, 0.2) is 0 Å². The van der Waals surface area contributed by atoms with E-state index in [9.17, 15) is 9.59 Å². The second-order valence-corrected chi connectivity index (χ2v) is 4.59. The van der Waals surface area contributed by atoms with Gasteiger partial charge in [-0.25, -0.2) is 10.2 Å². The van der Waals surface area contributed by atoms with Crippen LogP contribution in [0.2, 0.25) is 0 Å². The van der Waals surface area contributed by atoms with E-state index >= 15 is 0 Å². The Morgan fingerprint density at radius 3 is 2.17 bits per heavy atom. The van der Waals surface area contributed by atoms with Gasteiger partial charge in [0.1, 0.15) is 5.75 Å². The molecule has 0 aliphatic heterocycles. The summed E-state index contributed by atoms with van der Waals surface area (Å²) in [6.45, 7) is 3.62. The van der Waals surface area contributed by atoms with Gasteiger partial charge in [-0.1, -0.05) is 6.07 Å². The minimum absolute atomic E-state index is 0. The van der Waals surface area contributed by atoms with Gasteiger partial charge in [-0.05, 0) is 44.2 Å². The average Bonchev–Trinajstić information content (AvgIpc) is 2.54. The maximum Gasteiger partial charge on any atom is 0.335 e. The molecule has 0 aliphatic carbocycles. The first-order valence-corrected chi connectivity index (χ1v) is 6.63. The van der Waals surface area contributed by atoms with Gasteiger partial charge in [-0.15, -0.1) is 0 Å². The van der Waals surface area contributed by atoms with Crippen molar-refractivity contribution in [1.29, 1.82) is 0 Å². The number of rotatable bonds is 3. The van der Waals surface area contributed by atoms with Gasteiger partial charge in [0.2, 0.25) is 0 Å². The Kier molecular flexibility index (Phi) is 9.04. The number of carbonyl (C=O) groups excluding carboxylic acids is 1. The number of amides is 1. The summed E-state index contributed by atoms with van der Waals surface area (Å²) in [5, 5.41) is 21.0. The highest BCUT2D eigenvalue weighted by molar-refractivity contribution is 5.94. The molecule has 0 fully saturated rings. The first kappa shape index (κ1) is 20.7. The van der Waals surface area contributed by atoms with E-state index in [0.29, 0.717) is 5.56 Å². The first-order chi connectivity index (χ1) is 10.9. The predicted octanol–water partition coefficient (Wildman–Crippen LogP) is 1.47. The second-order valence-electron chi connectivity index (χ2n) is 4.59. The molecule has 1 aromatic carbocycles. The number of phenols is 1. The van der Waals surface area contributed by atoms with E-state index in [1.807, 2.05) is 13.8 Å². The van der Waals surface area contributed by atoms with Gasteiger partial charge in [-0.2, -0.15) is 5.10 Å². The third kappa shape index (κ3) is 7.66. The standard InChI is InChI=1S/C9H11N3O.C7H6O3.H2O/c1-7(2)11-12-9(13)8-3-5-10-6-4-8;8-6-3-1-2-5(4-6)7(9)10;/h3-6H,1-2H3,(H,12,13);1-4,8H,(H,9,10);1H2. The van der Waals surface area contributed by atoms with Gasteiger partial charge in [0.25, 0.3) is 5.91 Å². The molecule has 2 aromatic rings. The summed E-state index contributed by atoms with van der Waals surface area (Å²) < 4.78 is 0. The number of benzene rings is 1. The quantitative estimate of drug-likeness (QED) is 0.575. The maximum atomic E-state index is 11.3. The third-order valence-electron chi connectivity index (χ3n) is 2.42. The molecule has 0 saturated heterocycles. The summed E-state index contributed by atoms with van der Waals surface area (Å²) in [5.41, 5.74) is 3.88. The number of aromatic hydroxyl groups is 1. The number of pyridine rings is 1. The molecule has 8 nitrogen and oxygen atoms in total. The van der Waals surface area contributed by atoms with Crippen molar-refractivity contribution in [3.05, 3.63) is 59.9 Å². The lowest BCUT2D eigenvalue weighted by Gasteiger charge is -1.98. The Labute approximate surface area is 138 Å². The highest BCUT2D eigenvalue weighted by atomic mass is 16.4. The Morgan fingerprint density at radius 2 is 1.71 bits per heavy atom. The van der Waals surface area contributed by atoms with E-state index in [1.165, 1.54) is 24.3 Å². The van der Waals surface area contributed by atoms with Crippen molar-refractivity contribution >= 4 is 17.6 Å². The molecule has 0 unspecified atom stereocenters. The Bertz CT molecular complexity index is 698. The van der Waals surface area contributed by atoms with E-state index in [2.05, 4.69) is 15.5 Å². The lowest BCUT2D eigenvalue weighted by molar-refractivity contribution is 0.0696. The molecule has 1 aromatic heterocycles. The molecular formula is C16H19N3O5. The molecule has 1 heterocycles. The van der Waals surface area contributed by atoms with Gasteiger partial charge < -0.3 is 15.7 Å². The average molecular weight is 333 g/mol. The Balaban J connectivity index is 0.000000436. The van der Waals surface area contributed by atoms with Crippen LogP contribution in [-0.4, -0.2) is 38.3 Å². The number of carboxylic acid groups (broad SMARTS) is 1. The Morgan fingerprint density at radius 1 is 1.08 bits per heavy atom. The number of nitrogens with zero attached hydrogens (tertiary/aromatic N) is 2. The number of hydrazone groups is 1. The van der Waals surface area contributed by atoms with Crippen LogP contribution < -0.4 is 5.43 Å². The monoisotopic (exact) mass is 333 g/mol. The van der Waals surface area contributed by atoms with Crippen molar-refractivity contribution in [1.82, 2.24) is 10.4 Å². The molecular weight excluding hydrogens is 314 g/mol. The molecule has 24 heavy (non-hydrogen) atoms. The molecule has 128 valence electrons. The second kappa shape index (κ2) is 10.5. The van der Waals surface area contributed by atoms with Crippen molar-refractivity contribution in [3.63, 3.8) is 0 Å². The molecule has 0 spiro atoms. The van der Waals surface area contributed by atoms with Crippen LogP contribution in [0.3, 0.4) is 0 Å². The fourth-order valence-electron chi connectivity index (χ4n) is 1.37. The predicted molar refractivity (Wildman–Crippen MR) is 89.2 cm³/mol. The van der Waals surface area contributed by atoms with Crippen LogP contribution in [0.4, 0.5) is 0 Å². The van der Waals surface area contributed by atoms with E-state index in [0.717, 1.165) is 5.71 Å². The fourth-order valence-corrected chi connectivity index (χ4v) is 1.37. The van der Waals surface area contributed by atoms with Crippen LogP contribution in [0.15, 0.2) is 53.9 Å². The molecule has 1 amide bonds. The van der Waals surface area contributed by atoms with Gasteiger partial charge in [-0.3, -0.25) is 9.78 Å². The van der Waals surface area contributed by atoms with Crippen LogP contribution in [0.25, 0.3) is 0 Å². The molecule has 0 saturated carbocycles. The van der Waals surface area contributed by atoms with E-state index in [1.54, 1.807) is 24.5 Å². The van der Waals surface area contributed by atoms with Crippen LogP contribution >= 0.6 is 0 Å². The molecule has 0 atom stereocenters. The number of hydrogen-bond donors (Lipinski definition) is 3. The normalized spacial score (nSPS) is 8.75. The van der Waals surface area contributed by atoms with Crippen molar-refractivity contribution < 1.29 is 25.3 Å². The molecule has 5 N–H and O–H groups in total. The summed E-state index contributed by atoms with van der Waals surface area (Å²) >= 11 is 0. The van der Waals surface area contributed by atoms with Gasteiger partial charge >= 0.3 is 5.97 Å². The summed E-state index contributed by atoms with van der Waals surface area (Å²) in [5.74, 6) is -1.28. The smallest absolute Gasteiger partial charge is 0.335 e. The largest absolute Gasteiger partial charge is 0.508 e. The third-order valence-corrected chi connectivity index (χ3v) is 2.42. The zero-order chi connectivity index (χ0) is 17.2. The van der Waals surface area contributed by atoms with Crippen molar-refractivity contribution in [3.8, 4) is 5.75 Å². The summed E-state index contributed by atoms with van der Waals surface area (Å²) in [7, 11) is 0. The molecule has 0 radical (unpaired) electrons. The van der Waals surface area contributed by atoms with Crippen molar-refractivity contribution in [2.24, 2.45) is 5.10 Å². The molecule has 0 aliphatic rings. The van der Waals surface area contributed by atoms with E-state index in [-0.39, 0.29) is 22.7 Å². The number of aromatic nitrogens is 1. The Hall–Kier alpha value is -3.26. The fraction of sp³-hybridized carbons (Fsp3) is 0.125. The zero-order valence-electron chi connectivity index (χ0n) is 13.2. The lowest BCUT2D eigenvalue weighted by Crippen LogP contribution is -2.18. The van der Waals surface area contributed by atoms with Crippen molar-refractivity contribution in [2.45, 2.75) is 13.8 Å². The molecule has 0 bridgehead atoms. The summed E-state index contributed by atoms with van der Waals surface area (Å²) in [6.07, 6.45) is 3.13. The van der Waals surface area contributed by atoms with E-state index in [4.69, 9.17) is 10.2 Å². The molecule has 8 heteroatoms. The number of carboxylic acids is 1. The number of hydrogen-bond acceptors (Lipinski definition) is 5. The van der Waals surface area contributed by atoms with Gasteiger partial charge in [0, 0.05) is 23.7 Å². The SMILES string of the molecule is CC(C)=NNC(=O)c1ccncc1.O.O=C(O)c1cccc(O)c1. The minimum atomic E-state index is -1.03. The number of phenolic OH excluding ortho intramolecular Hbond substituents is 1. The first-order valence-electron chi connectivity index (χ1n) is 6.63. The zero-order valence-corrected chi connectivity index (χ0v) is 13.2. The van der Waals surface area contributed by atoms with E-state index < -0.39 is 5.97 Å². The minimum Gasteiger partial charge on any atom is -0.508 e. The highest BCUT2D eigenvalue weighted by Crippen LogP contribution is 2.09.